The standard InChI is InChI=1S/C15H21ClN2O3/c1-3-11(4-2)9-17-15(21)18(10-14(19)20)13-7-5-12(16)6-8-13/h5-8,11H,3-4,9-10H2,1-2H3,(H,17,21)(H,19,20). The topological polar surface area (TPSA) is 69.6 Å². The Morgan fingerprint density at radius 3 is 2.29 bits per heavy atom. The van der Waals surface area contributed by atoms with Crippen LogP contribution in [0.25, 0.3) is 0 Å². The Morgan fingerprint density at radius 2 is 1.81 bits per heavy atom. The van der Waals surface area contributed by atoms with Crippen molar-refractivity contribution in [3.8, 4) is 0 Å². The number of rotatable bonds is 7. The lowest BCUT2D eigenvalue weighted by Crippen LogP contribution is -2.44. The van der Waals surface area contributed by atoms with Crippen LogP contribution in [0.3, 0.4) is 0 Å². The summed E-state index contributed by atoms with van der Waals surface area (Å²) >= 11 is 5.81. The number of anilines is 1. The number of halogens is 1. The van der Waals surface area contributed by atoms with E-state index in [0.717, 1.165) is 12.8 Å². The average Bonchev–Trinajstić information content (AvgIpc) is 2.46. The molecule has 0 aromatic heterocycles. The van der Waals surface area contributed by atoms with Gasteiger partial charge >= 0.3 is 12.0 Å². The van der Waals surface area contributed by atoms with Gasteiger partial charge in [0.15, 0.2) is 0 Å². The molecule has 1 rings (SSSR count). The molecule has 0 fully saturated rings. The number of nitrogens with zero attached hydrogens (tertiary/aromatic N) is 1. The summed E-state index contributed by atoms with van der Waals surface area (Å²) in [7, 11) is 0. The first-order valence-electron chi connectivity index (χ1n) is 7.00. The summed E-state index contributed by atoms with van der Waals surface area (Å²) in [6, 6.07) is 6.09. The maximum absolute atomic E-state index is 12.2. The van der Waals surface area contributed by atoms with E-state index in [1.54, 1.807) is 24.3 Å². The van der Waals surface area contributed by atoms with Gasteiger partial charge in [-0.3, -0.25) is 9.69 Å². The van der Waals surface area contributed by atoms with Gasteiger partial charge in [-0.05, 0) is 30.2 Å². The summed E-state index contributed by atoms with van der Waals surface area (Å²) in [6.07, 6.45) is 1.94. The van der Waals surface area contributed by atoms with Crippen LogP contribution in [0.15, 0.2) is 24.3 Å². The van der Waals surface area contributed by atoms with Crippen molar-refractivity contribution >= 4 is 29.3 Å². The summed E-state index contributed by atoms with van der Waals surface area (Å²) in [5.41, 5.74) is 0.504. The number of carboxylic acids is 1. The molecule has 0 atom stereocenters. The third kappa shape index (κ3) is 5.63. The van der Waals surface area contributed by atoms with Crippen LogP contribution in [0.2, 0.25) is 5.02 Å². The number of carbonyl (C=O) groups is 2. The smallest absolute Gasteiger partial charge is 0.323 e. The molecular formula is C15H21ClN2O3. The van der Waals surface area contributed by atoms with E-state index in [4.69, 9.17) is 16.7 Å². The van der Waals surface area contributed by atoms with Crippen molar-refractivity contribution in [1.82, 2.24) is 5.32 Å². The van der Waals surface area contributed by atoms with E-state index in [0.29, 0.717) is 23.2 Å². The Labute approximate surface area is 129 Å². The molecule has 6 heteroatoms. The number of nitrogens with one attached hydrogen (secondary N) is 1. The van der Waals surface area contributed by atoms with Gasteiger partial charge in [0.25, 0.3) is 0 Å². The zero-order valence-corrected chi connectivity index (χ0v) is 13.1. The third-order valence-electron chi connectivity index (χ3n) is 3.37. The van der Waals surface area contributed by atoms with Crippen molar-refractivity contribution in [2.75, 3.05) is 18.0 Å². The van der Waals surface area contributed by atoms with Crippen LogP contribution in [0.5, 0.6) is 0 Å². The number of aliphatic carboxylic acids is 1. The number of carbonyl (C=O) groups excluding carboxylic acids is 1. The fourth-order valence-electron chi connectivity index (χ4n) is 1.94. The number of benzene rings is 1. The van der Waals surface area contributed by atoms with E-state index in [1.165, 1.54) is 4.90 Å². The van der Waals surface area contributed by atoms with Gasteiger partial charge in [0.2, 0.25) is 0 Å². The fourth-order valence-corrected chi connectivity index (χ4v) is 2.07. The lowest BCUT2D eigenvalue weighted by atomic mass is 10.0. The Kier molecular flexibility index (Phi) is 7.02. The van der Waals surface area contributed by atoms with Gasteiger partial charge in [-0.2, -0.15) is 0 Å². The predicted octanol–water partition coefficient (Wildman–Crippen LogP) is 3.38. The Balaban J connectivity index is 2.79. The van der Waals surface area contributed by atoms with E-state index < -0.39 is 18.5 Å². The first-order valence-corrected chi connectivity index (χ1v) is 7.38. The maximum Gasteiger partial charge on any atom is 0.323 e. The van der Waals surface area contributed by atoms with Crippen molar-refractivity contribution in [1.29, 1.82) is 0 Å². The molecule has 1 aromatic rings. The molecule has 0 saturated carbocycles. The van der Waals surface area contributed by atoms with Crippen LogP contribution < -0.4 is 10.2 Å². The molecule has 0 bridgehead atoms. The summed E-state index contributed by atoms with van der Waals surface area (Å²) < 4.78 is 0. The van der Waals surface area contributed by atoms with E-state index >= 15 is 0 Å². The third-order valence-corrected chi connectivity index (χ3v) is 3.63. The molecule has 0 unspecified atom stereocenters. The van der Waals surface area contributed by atoms with Crippen molar-refractivity contribution < 1.29 is 14.7 Å². The molecular weight excluding hydrogens is 292 g/mol. The highest BCUT2D eigenvalue weighted by Crippen LogP contribution is 2.18. The predicted molar refractivity (Wildman–Crippen MR) is 83.9 cm³/mol. The highest BCUT2D eigenvalue weighted by molar-refractivity contribution is 6.30. The van der Waals surface area contributed by atoms with E-state index in [2.05, 4.69) is 19.2 Å². The summed E-state index contributed by atoms with van der Waals surface area (Å²) in [5.74, 6) is -0.673. The molecule has 0 heterocycles. The summed E-state index contributed by atoms with van der Waals surface area (Å²) in [6.45, 7) is 4.27. The fraction of sp³-hybridized carbons (Fsp3) is 0.467. The van der Waals surface area contributed by atoms with Crippen molar-refractivity contribution in [2.24, 2.45) is 5.92 Å². The number of hydrogen-bond donors (Lipinski definition) is 2. The lowest BCUT2D eigenvalue weighted by Gasteiger charge is -2.23. The first kappa shape index (κ1) is 17.3. The monoisotopic (exact) mass is 312 g/mol. The molecule has 2 amide bonds. The zero-order chi connectivity index (χ0) is 15.8. The number of urea groups is 1. The molecule has 2 N–H and O–H groups in total. The normalized spacial score (nSPS) is 10.5. The molecule has 0 saturated heterocycles. The van der Waals surface area contributed by atoms with Crippen LogP contribution in [-0.2, 0) is 4.79 Å². The number of amides is 2. The molecule has 116 valence electrons. The lowest BCUT2D eigenvalue weighted by molar-refractivity contribution is -0.135. The second-order valence-electron chi connectivity index (χ2n) is 4.82. The van der Waals surface area contributed by atoms with Crippen molar-refractivity contribution in [3.63, 3.8) is 0 Å². The van der Waals surface area contributed by atoms with Gasteiger partial charge in [0, 0.05) is 17.3 Å². The molecule has 1 aromatic carbocycles. The molecule has 0 spiro atoms. The van der Waals surface area contributed by atoms with Crippen molar-refractivity contribution in [2.45, 2.75) is 26.7 Å². The van der Waals surface area contributed by atoms with E-state index in [9.17, 15) is 9.59 Å². The first-order chi connectivity index (χ1) is 9.97. The maximum atomic E-state index is 12.2. The number of carboxylic acid groups (broad SMARTS) is 1. The van der Waals surface area contributed by atoms with Gasteiger partial charge in [-0.15, -0.1) is 0 Å². The van der Waals surface area contributed by atoms with E-state index in [-0.39, 0.29) is 0 Å². The van der Waals surface area contributed by atoms with Gasteiger partial charge in [-0.1, -0.05) is 38.3 Å². The Hall–Kier alpha value is -1.75. The van der Waals surface area contributed by atoms with Gasteiger partial charge in [0.1, 0.15) is 6.54 Å². The molecule has 5 nitrogen and oxygen atoms in total. The molecule has 0 aliphatic heterocycles. The second-order valence-corrected chi connectivity index (χ2v) is 5.26. The highest BCUT2D eigenvalue weighted by atomic mass is 35.5. The molecule has 21 heavy (non-hydrogen) atoms. The Bertz CT molecular complexity index is 472. The average molecular weight is 313 g/mol. The van der Waals surface area contributed by atoms with Crippen LogP contribution in [0, 0.1) is 5.92 Å². The largest absolute Gasteiger partial charge is 0.480 e. The van der Waals surface area contributed by atoms with Crippen LogP contribution in [0.4, 0.5) is 10.5 Å². The van der Waals surface area contributed by atoms with Crippen molar-refractivity contribution in [3.05, 3.63) is 29.3 Å². The van der Waals surface area contributed by atoms with Gasteiger partial charge in [0.05, 0.1) is 0 Å². The Morgan fingerprint density at radius 1 is 1.24 bits per heavy atom. The zero-order valence-electron chi connectivity index (χ0n) is 12.3. The van der Waals surface area contributed by atoms with Crippen LogP contribution >= 0.6 is 11.6 Å². The highest BCUT2D eigenvalue weighted by Gasteiger charge is 2.19. The minimum atomic E-state index is -1.07. The van der Waals surface area contributed by atoms with Gasteiger partial charge < -0.3 is 10.4 Å². The number of hydrogen-bond acceptors (Lipinski definition) is 2. The summed E-state index contributed by atoms with van der Waals surface area (Å²) in [4.78, 5) is 24.4. The van der Waals surface area contributed by atoms with Crippen LogP contribution in [-0.4, -0.2) is 30.2 Å². The van der Waals surface area contributed by atoms with Gasteiger partial charge in [-0.25, -0.2) is 4.79 Å². The van der Waals surface area contributed by atoms with Crippen LogP contribution in [0.1, 0.15) is 26.7 Å². The molecule has 0 radical (unpaired) electrons. The SMILES string of the molecule is CCC(CC)CNC(=O)N(CC(=O)O)c1ccc(Cl)cc1. The minimum Gasteiger partial charge on any atom is -0.480 e. The quantitative estimate of drug-likeness (QED) is 0.811. The van der Waals surface area contributed by atoms with E-state index in [1.807, 2.05) is 0 Å². The molecule has 0 aliphatic carbocycles. The molecule has 0 aliphatic rings. The minimum absolute atomic E-state index is 0.392. The summed E-state index contributed by atoms with van der Waals surface area (Å²) in [5, 5.41) is 12.3. The second kappa shape index (κ2) is 8.52.